The van der Waals surface area contributed by atoms with Gasteiger partial charge in [-0.05, 0) is 73.6 Å². The summed E-state index contributed by atoms with van der Waals surface area (Å²) in [6.07, 6.45) is 2.98. The van der Waals surface area contributed by atoms with Gasteiger partial charge in [0.15, 0.2) is 0 Å². The van der Waals surface area contributed by atoms with E-state index in [9.17, 15) is 13.6 Å². The van der Waals surface area contributed by atoms with Gasteiger partial charge >= 0.3 is 6.03 Å². The minimum Gasteiger partial charge on any atom is -0.497 e. The molecular formula is C28H34BrF2N3O2. The van der Waals surface area contributed by atoms with Gasteiger partial charge in [0.2, 0.25) is 5.92 Å². The summed E-state index contributed by atoms with van der Waals surface area (Å²) in [4.78, 5) is 20.2. The maximum atomic E-state index is 13.8. The average Bonchev–Trinajstić information content (AvgIpc) is 3.13. The number of carbonyl (C=O) groups is 1. The summed E-state index contributed by atoms with van der Waals surface area (Å²) in [5.74, 6) is -1.36. The number of amides is 2. The lowest BCUT2D eigenvalue weighted by Gasteiger charge is -2.45. The van der Waals surface area contributed by atoms with Crippen LogP contribution in [0.15, 0.2) is 53.0 Å². The summed E-state index contributed by atoms with van der Waals surface area (Å²) in [6, 6.07) is 15.9. The van der Waals surface area contributed by atoms with Gasteiger partial charge in [-0.3, -0.25) is 4.90 Å². The van der Waals surface area contributed by atoms with Crippen molar-refractivity contribution >= 4 is 27.6 Å². The van der Waals surface area contributed by atoms with Gasteiger partial charge in [0.05, 0.1) is 19.2 Å². The van der Waals surface area contributed by atoms with Crippen molar-refractivity contribution in [2.24, 2.45) is 5.92 Å². The zero-order valence-electron chi connectivity index (χ0n) is 20.8. The summed E-state index contributed by atoms with van der Waals surface area (Å²) >= 11 is 3.49. The first-order chi connectivity index (χ1) is 17.3. The Morgan fingerprint density at radius 2 is 1.72 bits per heavy atom. The van der Waals surface area contributed by atoms with Gasteiger partial charge in [0.1, 0.15) is 5.75 Å². The third-order valence-electron chi connectivity index (χ3n) is 8.24. The molecule has 36 heavy (non-hydrogen) atoms. The Hall–Kier alpha value is -2.19. The van der Waals surface area contributed by atoms with Crippen LogP contribution in [0, 0.1) is 5.92 Å². The lowest BCUT2D eigenvalue weighted by atomic mass is 9.83. The molecule has 3 fully saturated rings. The van der Waals surface area contributed by atoms with Crippen molar-refractivity contribution in [2.45, 2.75) is 56.5 Å². The number of hydrogen-bond acceptors (Lipinski definition) is 3. The van der Waals surface area contributed by atoms with Gasteiger partial charge in [0.25, 0.3) is 0 Å². The molecule has 0 aromatic heterocycles. The fraction of sp³-hybridized carbons (Fsp3) is 0.536. The zero-order valence-corrected chi connectivity index (χ0v) is 22.4. The second-order valence-electron chi connectivity index (χ2n) is 10.6. The van der Waals surface area contributed by atoms with E-state index in [1.165, 1.54) is 0 Å². The number of piperidine rings is 1. The minimum atomic E-state index is -2.48. The van der Waals surface area contributed by atoms with Crippen molar-refractivity contribution < 1.29 is 18.3 Å². The molecule has 8 heteroatoms. The smallest absolute Gasteiger partial charge is 0.325 e. The second-order valence-corrected chi connectivity index (χ2v) is 11.5. The summed E-state index contributed by atoms with van der Waals surface area (Å²) in [5.41, 5.74) is 1.69. The Balaban J connectivity index is 1.32. The fourth-order valence-electron chi connectivity index (χ4n) is 6.03. The molecule has 2 aromatic carbocycles. The molecule has 2 saturated heterocycles. The van der Waals surface area contributed by atoms with Crippen LogP contribution in [0.1, 0.15) is 44.1 Å². The molecule has 0 unspecified atom stereocenters. The Morgan fingerprint density at radius 3 is 2.39 bits per heavy atom. The Morgan fingerprint density at radius 1 is 1.03 bits per heavy atom. The van der Waals surface area contributed by atoms with E-state index in [-0.39, 0.29) is 24.4 Å². The molecular weight excluding hydrogens is 528 g/mol. The van der Waals surface area contributed by atoms with E-state index < -0.39 is 5.92 Å². The molecule has 2 amide bonds. The van der Waals surface area contributed by atoms with Gasteiger partial charge in [0, 0.05) is 49.2 Å². The van der Waals surface area contributed by atoms with Gasteiger partial charge in [-0.1, -0.05) is 28.1 Å². The number of alkyl halides is 2. The molecule has 3 aliphatic rings. The summed E-state index contributed by atoms with van der Waals surface area (Å²) in [6.45, 7) is 3.82. The number of nitrogens with zero attached hydrogens (tertiary/aromatic N) is 3. The molecule has 2 aromatic rings. The number of urea groups is 1. The summed E-state index contributed by atoms with van der Waals surface area (Å²) in [7, 11) is 1.65. The number of anilines is 1. The van der Waals surface area contributed by atoms with Crippen LogP contribution < -0.4 is 9.64 Å². The van der Waals surface area contributed by atoms with Crippen molar-refractivity contribution in [1.29, 1.82) is 0 Å². The number of ether oxygens (including phenoxy) is 1. The number of carbonyl (C=O) groups excluding carboxylic acids is 1. The summed E-state index contributed by atoms with van der Waals surface area (Å²) in [5, 5.41) is 0. The second kappa shape index (κ2) is 10.3. The van der Waals surface area contributed by atoms with Crippen LogP contribution in [0.5, 0.6) is 5.75 Å². The Labute approximate surface area is 220 Å². The molecule has 194 valence electrons. The quantitative estimate of drug-likeness (QED) is 0.400. The maximum Gasteiger partial charge on any atom is 0.325 e. The first kappa shape index (κ1) is 25.5. The maximum absolute atomic E-state index is 13.8. The predicted octanol–water partition coefficient (Wildman–Crippen LogP) is 6.56. The lowest BCUT2D eigenvalue weighted by molar-refractivity contribution is -0.0505. The molecule has 2 heterocycles. The van der Waals surface area contributed by atoms with Crippen LogP contribution >= 0.6 is 15.9 Å². The molecule has 1 spiro atoms. The van der Waals surface area contributed by atoms with Crippen LogP contribution in [-0.4, -0.2) is 60.6 Å². The standard InChI is InChI=1S/C28H34BrF2N3O2/c1-36-25-4-2-3-22(17-25)19-34-26(35)33(24-7-5-23(29)6-8-24)20-27(34)13-15-32(16-14-27)18-21-9-11-28(30,31)12-10-21/h2-8,17,21H,9-16,18-20H2,1H3. The number of rotatable bonds is 6. The highest BCUT2D eigenvalue weighted by atomic mass is 79.9. The lowest BCUT2D eigenvalue weighted by Crippen LogP contribution is -2.54. The number of benzene rings is 2. The molecule has 1 saturated carbocycles. The number of hydrogen-bond donors (Lipinski definition) is 0. The average molecular weight is 562 g/mol. The van der Waals surface area contributed by atoms with E-state index in [2.05, 4.69) is 25.7 Å². The molecule has 0 atom stereocenters. The first-order valence-corrected chi connectivity index (χ1v) is 13.6. The van der Waals surface area contributed by atoms with Crippen LogP contribution in [0.25, 0.3) is 0 Å². The van der Waals surface area contributed by atoms with E-state index >= 15 is 0 Å². The van der Waals surface area contributed by atoms with Crippen LogP contribution in [-0.2, 0) is 6.54 Å². The van der Waals surface area contributed by atoms with E-state index in [0.717, 1.165) is 53.9 Å². The largest absolute Gasteiger partial charge is 0.497 e. The monoisotopic (exact) mass is 561 g/mol. The van der Waals surface area contributed by atoms with Crippen LogP contribution in [0.4, 0.5) is 19.3 Å². The first-order valence-electron chi connectivity index (χ1n) is 12.8. The van der Waals surface area contributed by atoms with Crippen molar-refractivity contribution in [3.63, 3.8) is 0 Å². The number of methoxy groups -OCH3 is 1. The minimum absolute atomic E-state index is 0.0143. The molecule has 1 aliphatic carbocycles. The van der Waals surface area contributed by atoms with Crippen LogP contribution in [0.2, 0.25) is 0 Å². The molecule has 5 nitrogen and oxygen atoms in total. The fourth-order valence-corrected chi connectivity index (χ4v) is 6.30. The van der Waals surface area contributed by atoms with Gasteiger partial charge in [-0.15, -0.1) is 0 Å². The van der Waals surface area contributed by atoms with E-state index in [1.54, 1.807) is 7.11 Å². The topological polar surface area (TPSA) is 36.0 Å². The summed E-state index contributed by atoms with van der Waals surface area (Å²) < 4.78 is 33.6. The van der Waals surface area contributed by atoms with Crippen molar-refractivity contribution in [1.82, 2.24) is 9.80 Å². The highest BCUT2D eigenvalue weighted by molar-refractivity contribution is 9.10. The highest BCUT2D eigenvalue weighted by Crippen LogP contribution is 2.41. The molecule has 0 bridgehead atoms. The van der Waals surface area contributed by atoms with Crippen molar-refractivity contribution in [3.8, 4) is 5.75 Å². The SMILES string of the molecule is COc1cccc(CN2C(=O)N(c3ccc(Br)cc3)CC23CCN(CC2CCC(F)(F)CC2)CC3)c1. The normalized spacial score (nSPS) is 22.4. The number of likely N-dealkylation sites (tertiary alicyclic amines) is 1. The van der Waals surface area contributed by atoms with E-state index in [4.69, 9.17) is 4.74 Å². The zero-order chi connectivity index (χ0) is 25.3. The van der Waals surface area contributed by atoms with Gasteiger partial charge in [-0.2, -0.15) is 0 Å². The third-order valence-corrected chi connectivity index (χ3v) is 8.77. The number of halogens is 3. The Bertz CT molecular complexity index is 1060. The van der Waals surface area contributed by atoms with E-state index in [1.807, 2.05) is 53.4 Å². The van der Waals surface area contributed by atoms with Crippen molar-refractivity contribution in [2.75, 3.05) is 38.2 Å². The Kier molecular flexibility index (Phi) is 7.27. The van der Waals surface area contributed by atoms with Crippen LogP contribution in [0.3, 0.4) is 0 Å². The van der Waals surface area contributed by atoms with E-state index in [0.29, 0.717) is 31.8 Å². The molecule has 2 aliphatic heterocycles. The third kappa shape index (κ3) is 5.40. The molecule has 0 N–H and O–H groups in total. The molecule has 5 rings (SSSR count). The van der Waals surface area contributed by atoms with Gasteiger partial charge in [-0.25, -0.2) is 13.6 Å². The molecule has 0 radical (unpaired) electrons. The predicted molar refractivity (Wildman–Crippen MR) is 141 cm³/mol. The van der Waals surface area contributed by atoms with Crippen molar-refractivity contribution in [3.05, 3.63) is 58.6 Å². The highest BCUT2D eigenvalue weighted by Gasteiger charge is 2.51. The van der Waals surface area contributed by atoms with Gasteiger partial charge < -0.3 is 14.5 Å².